The number of esters is 1. The quantitative estimate of drug-likeness (QED) is 0.388. The molecular formula is C28H29FO6. The van der Waals surface area contributed by atoms with E-state index in [1.165, 1.54) is 7.11 Å². The summed E-state index contributed by atoms with van der Waals surface area (Å²) in [6.07, 6.45) is -7.10. The highest BCUT2D eigenvalue weighted by molar-refractivity contribution is 5.66. The summed E-state index contributed by atoms with van der Waals surface area (Å²) in [4.78, 5) is 11.6. The van der Waals surface area contributed by atoms with Crippen molar-refractivity contribution in [3.05, 3.63) is 108 Å². The van der Waals surface area contributed by atoms with E-state index in [0.717, 1.165) is 23.6 Å². The lowest BCUT2D eigenvalue weighted by Gasteiger charge is -2.42. The largest absolute Gasteiger partial charge is 0.456 e. The lowest BCUT2D eigenvalue weighted by atomic mass is 9.80. The van der Waals surface area contributed by atoms with Crippen LogP contribution < -0.4 is 0 Å². The normalized spacial score (nSPS) is 24.6. The molecule has 4 rings (SSSR count). The number of aliphatic hydroxyl groups excluding tert-OH is 1. The summed E-state index contributed by atoms with van der Waals surface area (Å²) in [5, 5.41) is 10.4. The molecule has 35 heavy (non-hydrogen) atoms. The van der Waals surface area contributed by atoms with Crippen LogP contribution in [0.2, 0.25) is 0 Å². The summed E-state index contributed by atoms with van der Waals surface area (Å²) in [5.74, 6) is -0.708. The highest BCUT2D eigenvalue weighted by atomic mass is 19.1. The van der Waals surface area contributed by atoms with Crippen molar-refractivity contribution in [1.82, 2.24) is 0 Å². The van der Waals surface area contributed by atoms with E-state index in [-0.39, 0.29) is 6.61 Å². The number of carbonyl (C=O) groups is 1. The van der Waals surface area contributed by atoms with Gasteiger partial charge >= 0.3 is 5.97 Å². The Hall–Kier alpha value is -3.10. The summed E-state index contributed by atoms with van der Waals surface area (Å²) in [7, 11) is 1.33. The SMILES string of the molecule is CO[C@H]1O[C@H](COC(c2ccccc2)(c2ccccc2)c2ccccc2)[C@H](F)[C@H](OC(C)=O)[C@@H]1O. The number of methoxy groups -OCH3 is 1. The summed E-state index contributed by atoms with van der Waals surface area (Å²) in [6, 6.07) is 29.0. The second kappa shape index (κ2) is 11.1. The molecule has 0 radical (unpaired) electrons. The van der Waals surface area contributed by atoms with Crippen LogP contribution in [0.4, 0.5) is 4.39 Å². The van der Waals surface area contributed by atoms with Gasteiger partial charge in [-0.05, 0) is 16.7 Å². The number of carbonyl (C=O) groups excluding carboxylic acids is 1. The van der Waals surface area contributed by atoms with Crippen LogP contribution in [0.5, 0.6) is 0 Å². The van der Waals surface area contributed by atoms with E-state index in [1.807, 2.05) is 91.0 Å². The van der Waals surface area contributed by atoms with Crippen molar-refractivity contribution in [1.29, 1.82) is 0 Å². The van der Waals surface area contributed by atoms with E-state index >= 15 is 4.39 Å². The van der Waals surface area contributed by atoms with E-state index in [9.17, 15) is 9.90 Å². The maximum absolute atomic E-state index is 15.5. The first-order valence-corrected chi connectivity index (χ1v) is 11.5. The average Bonchev–Trinajstić information content (AvgIpc) is 2.90. The molecule has 0 spiro atoms. The first kappa shape index (κ1) is 25.0. The molecule has 1 saturated heterocycles. The van der Waals surface area contributed by atoms with Gasteiger partial charge in [0, 0.05) is 14.0 Å². The van der Waals surface area contributed by atoms with Gasteiger partial charge in [0.2, 0.25) is 0 Å². The van der Waals surface area contributed by atoms with E-state index < -0.39 is 42.3 Å². The van der Waals surface area contributed by atoms with Crippen LogP contribution in [0.15, 0.2) is 91.0 Å². The summed E-state index contributed by atoms with van der Waals surface area (Å²) in [6.45, 7) is 0.956. The van der Waals surface area contributed by atoms with Gasteiger partial charge in [0.25, 0.3) is 0 Å². The molecule has 1 aliphatic heterocycles. The molecule has 5 atom stereocenters. The third-order valence-electron chi connectivity index (χ3n) is 6.13. The Kier molecular flexibility index (Phi) is 7.93. The van der Waals surface area contributed by atoms with Gasteiger partial charge in [-0.3, -0.25) is 4.79 Å². The number of halogens is 1. The van der Waals surface area contributed by atoms with Gasteiger partial charge in [0.1, 0.15) is 17.8 Å². The van der Waals surface area contributed by atoms with Gasteiger partial charge < -0.3 is 24.1 Å². The molecule has 0 unspecified atom stereocenters. The van der Waals surface area contributed by atoms with Crippen molar-refractivity contribution in [2.75, 3.05) is 13.7 Å². The second-order valence-electron chi connectivity index (χ2n) is 8.38. The molecule has 0 aliphatic carbocycles. The molecule has 0 saturated carbocycles. The summed E-state index contributed by atoms with van der Waals surface area (Å²) in [5.41, 5.74) is 1.47. The molecular weight excluding hydrogens is 451 g/mol. The summed E-state index contributed by atoms with van der Waals surface area (Å²) >= 11 is 0. The third-order valence-corrected chi connectivity index (χ3v) is 6.13. The zero-order chi connectivity index (χ0) is 24.8. The van der Waals surface area contributed by atoms with Gasteiger partial charge in [-0.1, -0.05) is 91.0 Å². The summed E-state index contributed by atoms with van der Waals surface area (Å²) < 4.78 is 38.1. The van der Waals surface area contributed by atoms with Gasteiger partial charge in [0.15, 0.2) is 18.6 Å². The number of alkyl halides is 1. The van der Waals surface area contributed by atoms with Gasteiger partial charge in [0.05, 0.1) is 6.61 Å². The number of aliphatic hydroxyl groups is 1. The highest BCUT2D eigenvalue weighted by Crippen LogP contribution is 2.41. The molecule has 6 nitrogen and oxygen atoms in total. The van der Waals surface area contributed by atoms with E-state index in [2.05, 4.69) is 0 Å². The molecule has 1 heterocycles. The fourth-order valence-electron chi connectivity index (χ4n) is 4.51. The van der Waals surface area contributed by atoms with Gasteiger partial charge in [-0.2, -0.15) is 0 Å². The first-order chi connectivity index (χ1) is 17.0. The molecule has 1 aliphatic rings. The van der Waals surface area contributed by atoms with Crippen molar-refractivity contribution < 1.29 is 33.2 Å². The topological polar surface area (TPSA) is 74.2 Å². The molecule has 3 aromatic rings. The van der Waals surface area contributed by atoms with Crippen molar-refractivity contribution in [2.45, 2.75) is 43.3 Å². The Morgan fingerprint density at radius 2 is 1.37 bits per heavy atom. The second-order valence-corrected chi connectivity index (χ2v) is 8.38. The Morgan fingerprint density at radius 1 is 0.914 bits per heavy atom. The third kappa shape index (κ3) is 5.13. The smallest absolute Gasteiger partial charge is 0.303 e. The molecule has 0 aromatic heterocycles. The molecule has 7 heteroatoms. The minimum absolute atomic E-state index is 0.204. The van der Waals surface area contributed by atoms with Crippen LogP contribution in [-0.2, 0) is 29.3 Å². The molecule has 184 valence electrons. The van der Waals surface area contributed by atoms with Crippen LogP contribution in [-0.4, -0.2) is 55.6 Å². The van der Waals surface area contributed by atoms with Crippen LogP contribution in [0, 0.1) is 0 Å². The highest BCUT2D eigenvalue weighted by Gasteiger charge is 2.49. The molecule has 3 aromatic carbocycles. The first-order valence-electron chi connectivity index (χ1n) is 11.5. The Labute approximate surface area is 204 Å². The minimum atomic E-state index is -1.83. The van der Waals surface area contributed by atoms with Crippen LogP contribution >= 0.6 is 0 Å². The molecule has 1 N–H and O–H groups in total. The van der Waals surface area contributed by atoms with Crippen molar-refractivity contribution in [3.8, 4) is 0 Å². The van der Waals surface area contributed by atoms with Crippen LogP contribution in [0.1, 0.15) is 23.6 Å². The fraction of sp³-hybridized carbons (Fsp3) is 0.321. The zero-order valence-electron chi connectivity index (χ0n) is 19.6. The Bertz CT molecular complexity index is 982. The van der Waals surface area contributed by atoms with Crippen LogP contribution in [0.25, 0.3) is 0 Å². The van der Waals surface area contributed by atoms with Gasteiger partial charge in [-0.15, -0.1) is 0 Å². The monoisotopic (exact) mass is 480 g/mol. The maximum Gasteiger partial charge on any atom is 0.303 e. The van der Waals surface area contributed by atoms with E-state index in [4.69, 9.17) is 18.9 Å². The molecule has 0 bridgehead atoms. The molecule has 0 amide bonds. The van der Waals surface area contributed by atoms with Crippen molar-refractivity contribution in [2.24, 2.45) is 0 Å². The Morgan fingerprint density at radius 3 is 1.77 bits per heavy atom. The van der Waals surface area contributed by atoms with Crippen LogP contribution in [0.3, 0.4) is 0 Å². The number of benzene rings is 3. The van der Waals surface area contributed by atoms with E-state index in [1.54, 1.807) is 0 Å². The van der Waals surface area contributed by atoms with Crippen molar-refractivity contribution >= 4 is 5.97 Å². The number of rotatable bonds is 8. The number of ether oxygens (including phenoxy) is 4. The predicted octanol–water partition coefficient (Wildman–Crippen LogP) is 4.00. The van der Waals surface area contributed by atoms with Crippen molar-refractivity contribution in [3.63, 3.8) is 0 Å². The van der Waals surface area contributed by atoms with E-state index in [0.29, 0.717) is 0 Å². The average molecular weight is 481 g/mol. The Balaban J connectivity index is 1.75. The lowest BCUT2D eigenvalue weighted by molar-refractivity contribution is -0.291. The number of hydrogen-bond acceptors (Lipinski definition) is 6. The van der Waals surface area contributed by atoms with Gasteiger partial charge in [-0.25, -0.2) is 4.39 Å². The minimum Gasteiger partial charge on any atom is -0.456 e. The number of hydrogen-bond donors (Lipinski definition) is 1. The molecule has 1 fully saturated rings. The maximum atomic E-state index is 15.5. The standard InChI is InChI=1S/C28H29FO6/c1-19(30)34-26-24(29)23(35-27(32-2)25(26)31)18-33-28(20-12-6-3-7-13-20,21-14-8-4-9-15-21)22-16-10-5-11-17-22/h3-17,23-27,31H,18H2,1-2H3/t23-,24+,25+,26+,27+/m1/s1. The zero-order valence-corrected chi connectivity index (χ0v) is 19.6. The lowest BCUT2D eigenvalue weighted by Crippen LogP contribution is -2.59. The fourth-order valence-corrected chi connectivity index (χ4v) is 4.51. The predicted molar refractivity (Wildman–Crippen MR) is 127 cm³/mol.